The Morgan fingerprint density at radius 3 is 2.74 bits per heavy atom. The van der Waals surface area contributed by atoms with Crippen molar-refractivity contribution in [3.05, 3.63) is 40.0 Å². The summed E-state index contributed by atoms with van der Waals surface area (Å²) in [6.45, 7) is 4.01. The van der Waals surface area contributed by atoms with E-state index in [1.54, 1.807) is 0 Å². The molecule has 0 aliphatic heterocycles. The lowest BCUT2D eigenvalue weighted by atomic mass is 10.2. The molecular formula is C17H21BrN4O. The minimum absolute atomic E-state index is 0.0472. The molecule has 1 aliphatic carbocycles. The molecule has 0 bridgehead atoms. The molecule has 3 N–H and O–H groups in total. The Kier molecular flexibility index (Phi) is 4.82. The maximum atomic E-state index is 9.22. The molecule has 6 heteroatoms. The van der Waals surface area contributed by atoms with Crippen LogP contribution in [0.4, 0.5) is 17.5 Å². The molecule has 1 atom stereocenters. The number of halogens is 1. The van der Waals surface area contributed by atoms with E-state index in [9.17, 15) is 5.11 Å². The Hall–Kier alpha value is -1.66. The Balaban J connectivity index is 1.87. The number of anilines is 3. The van der Waals surface area contributed by atoms with Crippen molar-refractivity contribution in [2.45, 2.75) is 38.6 Å². The highest BCUT2D eigenvalue weighted by Gasteiger charge is 2.26. The van der Waals surface area contributed by atoms with Crippen molar-refractivity contribution in [2.75, 3.05) is 17.2 Å². The number of rotatable bonds is 6. The van der Waals surface area contributed by atoms with Crippen molar-refractivity contribution in [1.29, 1.82) is 0 Å². The molecule has 0 spiro atoms. The molecule has 1 aromatic carbocycles. The van der Waals surface area contributed by atoms with E-state index in [-0.39, 0.29) is 12.6 Å². The van der Waals surface area contributed by atoms with Crippen molar-refractivity contribution in [3.63, 3.8) is 0 Å². The Labute approximate surface area is 144 Å². The van der Waals surface area contributed by atoms with Crippen molar-refractivity contribution < 1.29 is 5.11 Å². The van der Waals surface area contributed by atoms with Gasteiger partial charge >= 0.3 is 0 Å². The van der Waals surface area contributed by atoms with Gasteiger partial charge in [-0.2, -0.15) is 4.98 Å². The molecule has 2 aromatic rings. The van der Waals surface area contributed by atoms with Crippen LogP contribution in [0, 0.1) is 6.92 Å². The topological polar surface area (TPSA) is 70.1 Å². The quantitative estimate of drug-likeness (QED) is 0.711. The molecule has 23 heavy (non-hydrogen) atoms. The van der Waals surface area contributed by atoms with E-state index in [0.29, 0.717) is 11.9 Å². The maximum Gasteiger partial charge on any atom is 0.225 e. The van der Waals surface area contributed by atoms with Gasteiger partial charge in [0.1, 0.15) is 5.82 Å². The van der Waals surface area contributed by atoms with Gasteiger partial charge in [0, 0.05) is 28.2 Å². The molecule has 0 radical (unpaired) electrons. The first kappa shape index (κ1) is 16.2. The minimum Gasteiger partial charge on any atom is -0.394 e. The lowest BCUT2D eigenvalue weighted by Crippen LogP contribution is -2.21. The second kappa shape index (κ2) is 6.84. The highest BCUT2D eigenvalue weighted by atomic mass is 79.9. The predicted octanol–water partition coefficient (Wildman–Crippen LogP) is 3.96. The molecule has 0 unspecified atom stereocenters. The molecule has 0 amide bonds. The van der Waals surface area contributed by atoms with Crippen LogP contribution in [-0.4, -0.2) is 27.7 Å². The fraction of sp³-hybridized carbons (Fsp3) is 0.412. The summed E-state index contributed by atoms with van der Waals surface area (Å²) in [4.78, 5) is 9.11. The Morgan fingerprint density at radius 2 is 2.09 bits per heavy atom. The van der Waals surface area contributed by atoms with Crippen LogP contribution in [0.1, 0.15) is 36.9 Å². The first-order chi connectivity index (χ1) is 11.0. The van der Waals surface area contributed by atoms with E-state index in [1.807, 2.05) is 25.1 Å². The zero-order valence-corrected chi connectivity index (χ0v) is 14.9. The van der Waals surface area contributed by atoms with Crippen LogP contribution in [0.25, 0.3) is 0 Å². The molecule has 122 valence electrons. The smallest absolute Gasteiger partial charge is 0.225 e. The summed E-state index contributed by atoms with van der Waals surface area (Å²) in [6.07, 6.45) is 2.37. The van der Waals surface area contributed by atoms with E-state index in [1.165, 1.54) is 12.8 Å². The van der Waals surface area contributed by atoms with E-state index >= 15 is 0 Å². The number of aliphatic hydroxyl groups is 1. The summed E-state index contributed by atoms with van der Waals surface area (Å²) >= 11 is 3.48. The molecule has 1 saturated carbocycles. The first-order valence-electron chi connectivity index (χ1n) is 7.84. The van der Waals surface area contributed by atoms with Crippen LogP contribution >= 0.6 is 15.9 Å². The monoisotopic (exact) mass is 376 g/mol. The maximum absolute atomic E-state index is 9.22. The number of aryl methyl sites for hydroxylation is 1. The van der Waals surface area contributed by atoms with E-state index in [0.717, 1.165) is 27.2 Å². The van der Waals surface area contributed by atoms with Gasteiger partial charge in [-0.3, -0.25) is 0 Å². The van der Waals surface area contributed by atoms with Crippen LogP contribution < -0.4 is 10.6 Å². The summed E-state index contributed by atoms with van der Waals surface area (Å²) in [6, 6.07) is 8.05. The van der Waals surface area contributed by atoms with Gasteiger partial charge in [-0.1, -0.05) is 15.9 Å². The number of hydrogen-bond acceptors (Lipinski definition) is 5. The predicted molar refractivity (Wildman–Crippen MR) is 96.3 cm³/mol. The molecule has 1 aromatic heterocycles. The molecule has 1 fully saturated rings. The number of hydrogen-bond donors (Lipinski definition) is 3. The zero-order valence-electron chi connectivity index (χ0n) is 13.3. The third-order valence-electron chi connectivity index (χ3n) is 3.84. The molecule has 3 rings (SSSR count). The van der Waals surface area contributed by atoms with Gasteiger partial charge in [-0.15, -0.1) is 0 Å². The highest BCUT2D eigenvalue weighted by Crippen LogP contribution is 2.40. The standard InChI is InChI=1S/C17H21BrN4O/c1-10-7-13(18)5-6-14(10)20-16-8-15(12-3-4-12)21-17(22-16)19-11(2)9-23/h5-8,11-12,23H,3-4,9H2,1-2H3,(H2,19,20,21,22)/t11-/m1/s1. The second-order valence-electron chi connectivity index (χ2n) is 6.09. The van der Waals surface area contributed by atoms with Crippen LogP contribution in [0.15, 0.2) is 28.7 Å². The van der Waals surface area contributed by atoms with E-state index in [4.69, 9.17) is 0 Å². The van der Waals surface area contributed by atoms with Gasteiger partial charge in [-0.25, -0.2) is 4.98 Å². The van der Waals surface area contributed by atoms with Crippen LogP contribution in [0.2, 0.25) is 0 Å². The third-order valence-corrected chi connectivity index (χ3v) is 4.34. The average molecular weight is 377 g/mol. The average Bonchev–Trinajstić information content (AvgIpc) is 3.34. The highest BCUT2D eigenvalue weighted by molar-refractivity contribution is 9.10. The SMILES string of the molecule is Cc1cc(Br)ccc1Nc1cc(C2CC2)nc(N[C@H](C)CO)n1. The zero-order chi connectivity index (χ0) is 16.4. The summed E-state index contributed by atoms with van der Waals surface area (Å²) in [7, 11) is 0. The van der Waals surface area contributed by atoms with Crippen molar-refractivity contribution >= 4 is 33.4 Å². The molecule has 0 saturated heterocycles. The Bertz CT molecular complexity index is 703. The summed E-state index contributed by atoms with van der Waals surface area (Å²) in [5.41, 5.74) is 3.23. The van der Waals surface area contributed by atoms with Gasteiger partial charge in [0.25, 0.3) is 0 Å². The van der Waals surface area contributed by atoms with Gasteiger partial charge in [0.05, 0.1) is 12.3 Å². The molecule has 5 nitrogen and oxygen atoms in total. The molecule has 1 heterocycles. The number of nitrogens with zero attached hydrogens (tertiary/aromatic N) is 2. The van der Waals surface area contributed by atoms with Gasteiger partial charge in [-0.05, 0) is 50.5 Å². The lowest BCUT2D eigenvalue weighted by molar-refractivity contribution is 0.281. The Morgan fingerprint density at radius 1 is 1.30 bits per heavy atom. The van der Waals surface area contributed by atoms with E-state index < -0.39 is 0 Å². The first-order valence-corrected chi connectivity index (χ1v) is 8.64. The van der Waals surface area contributed by atoms with Crippen LogP contribution in [0.3, 0.4) is 0 Å². The van der Waals surface area contributed by atoms with Crippen molar-refractivity contribution in [3.8, 4) is 0 Å². The van der Waals surface area contributed by atoms with Gasteiger partial charge in [0.15, 0.2) is 0 Å². The number of nitrogens with one attached hydrogen (secondary N) is 2. The van der Waals surface area contributed by atoms with Gasteiger partial charge < -0.3 is 15.7 Å². The van der Waals surface area contributed by atoms with Crippen LogP contribution in [-0.2, 0) is 0 Å². The summed E-state index contributed by atoms with van der Waals surface area (Å²) in [5.74, 6) is 1.88. The normalized spacial score (nSPS) is 15.3. The molecule has 1 aliphatic rings. The van der Waals surface area contributed by atoms with Crippen molar-refractivity contribution in [1.82, 2.24) is 9.97 Å². The van der Waals surface area contributed by atoms with Gasteiger partial charge in [0.2, 0.25) is 5.95 Å². The van der Waals surface area contributed by atoms with Crippen LogP contribution in [0.5, 0.6) is 0 Å². The van der Waals surface area contributed by atoms with E-state index in [2.05, 4.69) is 49.5 Å². The molecular weight excluding hydrogens is 356 g/mol. The number of aromatic nitrogens is 2. The lowest BCUT2D eigenvalue weighted by Gasteiger charge is -2.15. The second-order valence-corrected chi connectivity index (χ2v) is 7.00. The fourth-order valence-electron chi connectivity index (χ4n) is 2.35. The largest absolute Gasteiger partial charge is 0.394 e. The third kappa shape index (κ3) is 4.20. The van der Waals surface area contributed by atoms with Crippen molar-refractivity contribution in [2.24, 2.45) is 0 Å². The summed E-state index contributed by atoms with van der Waals surface area (Å²) in [5, 5.41) is 15.7. The fourth-order valence-corrected chi connectivity index (χ4v) is 2.83. The number of benzene rings is 1. The summed E-state index contributed by atoms with van der Waals surface area (Å²) < 4.78 is 1.06. The minimum atomic E-state index is -0.0771. The number of aliphatic hydroxyl groups excluding tert-OH is 1.